The van der Waals surface area contributed by atoms with Gasteiger partial charge in [0.15, 0.2) is 11.6 Å². The van der Waals surface area contributed by atoms with Crippen molar-refractivity contribution in [1.29, 1.82) is 0 Å². The van der Waals surface area contributed by atoms with E-state index >= 15 is 0 Å². The Labute approximate surface area is 257 Å². The van der Waals surface area contributed by atoms with E-state index in [1.165, 1.54) is 0 Å². The Bertz CT molecular complexity index is 1690. The lowest BCUT2D eigenvalue weighted by atomic mass is 9.81. The lowest BCUT2D eigenvalue weighted by molar-refractivity contribution is -0.123. The molecule has 0 fully saturated rings. The summed E-state index contributed by atoms with van der Waals surface area (Å²) in [4.78, 5) is 19.6. The van der Waals surface area contributed by atoms with Gasteiger partial charge in [-0.25, -0.2) is 4.99 Å². The predicted molar refractivity (Wildman–Crippen MR) is 174 cm³/mol. The number of carbonyl (C=O) groups excluding carboxylic acids is 1. The standard InChI is InChI=1S/C38H34N2O4/c41-25-10-26-43-34-23-21-32(22-24-34)36-40-38(27-28-11-4-1-5-12-28,37(42)39-33-15-8-3-9-16-33)35(44-36)31-19-17-30(18-20-31)29-13-6-2-7-14-29/h1-9,11-24,35,41H,10,25-27H2,(H,39,42)/t35-,38-/m1/s1. The van der Waals surface area contributed by atoms with Crippen molar-refractivity contribution in [2.24, 2.45) is 4.99 Å². The third kappa shape index (κ3) is 6.41. The van der Waals surface area contributed by atoms with E-state index in [0.717, 1.165) is 27.8 Å². The zero-order chi connectivity index (χ0) is 30.2. The highest BCUT2D eigenvalue weighted by Gasteiger charge is 2.53. The highest BCUT2D eigenvalue weighted by Crippen LogP contribution is 2.43. The minimum atomic E-state index is -1.29. The van der Waals surface area contributed by atoms with Crippen molar-refractivity contribution < 1.29 is 19.4 Å². The Balaban J connectivity index is 1.41. The molecule has 0 saturated heterocycles. The molecular weight excluding hydrogens is 548 g/mol. The van der Waals surface area contributed by atoms with Crippen molar-refractivity contribution >= 4 is 17.5 Å². The summed E-state index contributed by atoms with van der Waals surface area (Å²) in [7, 11) is 0. The normalized spacial score (nSPS) is 17.4. The molecule has 220 valence electrons. The first-order chi connectivity index (χ1) is 21.6. The molecule has 2 atom stereocenters. The van der Waals surface area contributed by atoms with E-state index in [4.69, 9.17) is 19.6 Å². The van der Waals surface area contributed by atoms with Gasteiger partial charge >= 0.3 is 0 Å². The summed E-state index contributed by atoms with van der Waals surface area (Å²) in [6.45, 7) is 0.499. The van der Waals surface area contributed by atoms with Gasteiger partial charge in [0, 0.05) is 30.7 Å². The van der Waals surface area contributed by atoms with Crippen LogP contribution in [-0.4, -0.2) is 35.7 Å². The van der Waals surface area contributed by atoms with Crippen molar-refractivity contribution in [3.63, 3.8) is 0 Å². The first-order valence-electron chi connectivity index (χ1n) is 14.8. The zero-order valence-corrected chi connectivity index (χ0v) is 24.3. The van der Waals surface area contributed by atoms with Crippen LogP contribution in [0.5, 0.6) is 5.75 Å². The molecule has 1 heterocycles. The van der Waals surface area contributed by atoms with Gasteiger partial charge in [-0.1, -0.05) is 103 Å². The molecule has 0 spiro atoms. The topological polar surface area (TPSA) is 80.2 Å². The first-order valence-corrected chi connectivity index (χ1v) is 14.8. The van der Waals surface area contributed by atoms with Crippen LogP contribution in [0.1, 0.15) is 29.2 Å². The monoisotopic (exact) mass is 582 g/mol. The van der Waals surface area contributed by atoms with Crippen molar-refractivity contribution in [3.8, 4) is 16.9 Å². The largest absolute Gasteiger partial charge is 0.494 e. The number of para-hydroxylation sites is 1. The second-order valence-electron chi connectivity index (χ2n) is 10.8. The second kappa shape index (κ2) is 13.4. The second-order valence-corrected chi connectivity index (χ2v) is 10.8. The van der Waals surface area contributed by atoms with Gasteiger partial charge in [0.05, 0.1) is 6.61 Å². The maximum atomic E-state index is 14.5. The van der Waals surface area contributed by atoms with Gasteiger partial charge in [-0.2, -0.15) is 0 Å². The molecular formula is C38H34N2O4. The molecule has 0 radical (unpaired) electrons. The highest BCUT2D eigenvalue weighted by atomic mass is 16.5. The summed E-state index contributed by atoms with van der Waals surface area (Å²) < 4.78 is 12.4. The van der Waals surface area contributed by atoms with Crippen LogP contribution in [0.25, 0.3) is 11.1 Å². The molecule has 1 aliphatic heterocycles. The maximum Gasteiger partial charge on any atom is 0.257 e. The number of ether oxygens (including phenoxy) is 2. The van der Waals surface area contributed by atoms with E-state index in [9.17, 15) is 4.79 Å². The minimum Gasteiger partial charge on any atom is -0.494 e. The van der Waals surface area contributed by atoms with Crippen molar-refractivity contribution in [2.45, 2.75) is 24.5 Å². The Morgan fingerprint density at radius 1 is 0.750 bits per heavy atom. The number of anilines is 1. The summed E-state index contributed by atoms with van der Waals surface area (Å²) in [5.41, 5.74) is 4.16. The lowest BCUT2D eigenvalue weighted by Crippen LogP contribution is -2.46. The first kappa shape index (κ1) is 28.9. The van der Waals surface area contributed by atoms with Crippen molar-refractivity contribution in [3.05, 3.63) is 156 Å². The summed E-state index contributed by atoms with van der Waals surface area (Å²) in [6, 6.07) is 45.2. The Kier molecular flexibility index (Phi) is 8.80. The molecule has 1 amide bonds. The molecule has 0 saturated carbocycles. The smallest absolute Gasteiger partial charge is 0.257 e. The molecule has 0 aromatic heterocycles. The van der Waals surface area contributed by atoms with Crippen LogP contribution in [0.2, 0.25) is 0 Å². The van der Waals surface area contributed by atoms with E-state index in [2.05, 4.69) is 29.6 Å². The number of amides is 1. The number of rotatable bonds is 11. The third-order valence-electron chi connectivity index (χ3n) is 7.70. The number of aliphatic imine (C=N–C) groups is 1. The van der Waals surface area contributed by atoms with Gasteiger partial charge in [0.25, 0.3) is 5.91 Å². The van der Waals surface area contributed by atoms with E-state index in [0.29, 0.717) is 36.8 Å². The number of nitrogens with zero attached hydrogens (tertiary/aromatic N) is 1. The fourth-order valence-corrected chi connectivity index (χ4v) is 5.43. The number of aliphatic hydroxyl groups is 1. The number of benzene rings is 5. The van der Waals surface area contributed by atoms with Gasteiger partial charge in [-0.3, -0.25) is 4.79 Å². The van der Waals surface area contributed by atoms with Gasteiger partial charge in [-0.15, -0.1) is 0 Å². The Hall–Kier alpha value is -5.20. The summed E-state index contributed by atoms with van der Waals surface area (Å²) in [5.74, 6) is 0.832. The molecule has 6 rings (SSSR count). The molecule has 6 heteroatoms. The quantitative estimate of drug-likeness (QED) is 0.161. The highest BCUT2D eigenvalue weighted by molar-refractivity contribution is 6.05. The van der Waals surface area contributed by atoms with Crippen molar-refractivity contribution in [2.75, 3.05) is 18.5 Å². The van der Waals surface area contributed by atoms with Crippen LogP contribution in [0.3, 0.4) is 0 Å². The molecule has 0 aliphatic carbocycles. The van der Waals surface area contributed by atoms with Crippen LogP contribution in [0, 0.1) is 0 Å². The fraction of sp³-hybridized carbons (Fsp3) is 0.158. The SMILES string of the molecule is O=C(Nc1ccccc1)[C@]1(Cc2ccccc2)N=C(c2ccc(OCCCO)cc2)O[C@@H]1c1ccc(-c2ccccc2)cc1. The van der Waals surface area contributed by atoms with Gasteiger partial charge in [0.1, 0.15) is 5.75 Å². The van der Waals surface area contributed by atoms with E-state index in [-0.39, 0.29) is 12.5 Å². The molecule has 5 aromatic carbocycles. The number of nitrogens with one attached hydrogen (secondary N) is 1. The summed E-state index contributed by atoms with van der Waals surface area (Å²) in [6.07, 6.45) is 0.205. The van der Waals surface area contributed by atoms with Gasteiger partial charge in [0.2, 0.25) is 5.90 Å². The molecule has 44 heavy (non-hydrogen) atoms. The van der Waals surface area contributed by atoms with E-state index < -0.39 is 11.6 Å². The number of hydrogen-bond donors (Lipinski definition) is 2. The van der Waals surface area contributed by atoms with E-state index in [1.807, 2.05) is 115 Å². The minimum absolute atomic E-state index is 0.0744. The van der Waals surface area contributed by atoms with E-state index in [1.54, 1.807) is 0 Å². The molecule has 6 nitrogen and oxygen atoms in total. The van der Waals surface area contributed by atoms with Crippen molar-refractivity contribution in [1.82, 2.24) is 0 Å². The molecule has 0 unspecified atom stereocenters. The fourth-order valence-electron chi connectivity index (χ4n) is 5.43. The van der Waals surface area contributed by atoms with Crippen LogP contribution in [0.4, 0.5) is 5.69 Å². The summed E-state index contributed by atoms with van der Waals surface area (Å²) in [5, 5.41) is 12.2. The van der Waals surface area contributed by atoms with Crippen LogP contribution >= 0.6 is 0 Å². The number of aliphatic hydroxyl groups excluding tert-OH is 1. The third-order valence-corrected chi connectivity index (χ3v) is 7.70. The summed E-state index contributed by atoms with van der Waals surface area (Å²) >= 11 is 0. The zero-order valence-electron chi connectivity index (χ0n) is 24.3. The molecule has 0 bridgehead atoms. The number of hydrogen-bond acceptors (Lipinski definition) is 5. The maximum absolute atomic E-state index is 14.5. The Morgan fingerprint density at radius 2 is 1.34 bits per heavy atom. The molecule has 2 N–H and O–H groups in total. The average molecular weight is 583 g/mol. The Morgan fingerprint density at radius 3 is 2.00 bits per heavy atom. The molecule has 1 aliphatic rings. The van der Waals surface area contributed by atoms with Crippen LogP contribution < -0.4 is 10.1 Å². The molecule has 5 aromatic rings. The predicted octanol–water partition coefficient (Wildman–Crippen LogP) is 7.25. The van der Waals surface area contributed by atoms with Gasteiger partial charge in [-0.05, 0) is 58.7 Å². The van der Waals surface area contributed by atoms with Crippen LogP contribution in [0.15, 0.2) is 145 Å². The van der Waals surface area contributed by atoms with Gasteiger partial charge < -0.3 is 19.9 Å². The average Bonchev–Trinajstić information content (AvgIpc) is 3.47. The lowest BCUT2D eigenvalue weighted by Gasteiger charge is -2.31. The number of carbonyl (C=O) groups is 1. The van der Waals surface area contributed by atoms with Crippen LogP contribution in [-0.2, 0) is 16.0 Å².